The number of fused-ring (bicyclic) bond motifs is 1. The molecule has 1 aromatic carbocycles. The molecule has 0 saturated heterocycles. The van der Waals surface area contributed by atoms with Crippen LogP contribution < -0.4 is 5.32 Å². The van der Waals surface area contributed by atoms with E-state index in [-0.39, 0.29) is 5.91 Å². The first-order valence-corrected chi connectivity index (χ1v) is 9.23. The number of halogens is 2. The summed E-state index contributed by atoms with van der Waals surface area (Å²) in [6.07, 6.45) is 1.07. The smallest absolute Gasteiger partial charge is 0.265 e. The summed E-state index contributed by atoms with van der Waals surface area (Å²) in [6.45, 7) is 0. The van der Waals surface area contributed by atoms with E-state index in [2.05, 4.69) is 21.2 Å². The molecule has 1 N–H and O–H groups in total. The lowest BCUT2D eigenvalue weighted by molar-refractivity contribution is 0.103. The molecule has 1 aromatic heterocycles. The molecule has 0 spiro atoms. The number of hydrogen-bond acceptors (Lipinski definition) is 3. The van der Waals surface area contributed by atoms with Crippen LogP contribution >= 0.6 is 50.6 Å². The van der Waals surface area contributed by atoms with Crippen molar-refractivity contribution in [2.24, 2.45) is 0 Å². The molecule has 3 rings (SSSR count). The molecule has 0 atom stereocenters. The SMILES string of the molecule is O=C(Nc1ccc(Cl)cc1Br)c1cc2c(s1)CCSC2. The second kappa shape index (κ2) is 6.10. The number of carbonyl (C=O) groups excluding carboxylic acids is 1. The van der Waals surface area contributed by atoms with Crippen LogP contribution in [0.3, 0.4) is 0 Å². The average Bonchev–Trinajstić information content (AvgIpc) is 2.86. The number of anilines is 1. The molecule has 0 unspecified atom stereocenters. The van der Waals surface area contributed by atoms with Crippen LogP contribution in [0.1, 0.15) is 20.1 Å². The molecule has 0 aliphatic carbocycles. The molecule has 104 valence electrons. The van der Waals surface area contributed by atoms with Crippen LogP contribution in [-0.2, 0) is 12.2 Å². The molecule has 1 amide bonds. The lowest BCUT2D eigenvalue weighted by atomic mass is 10.2. The number of hydrogen-bond donors (Lipinski definition) is 1. The maximum atomic E-state index is 12.3. The summed E-state index contributed by atoms with van der Waals surface area (Å²) in [5.41, 5.74) is 2.05. The molecule has 0 fully saturated rings. The van der Waals surface area contributed by atoms with E-state index in [0.717, 1.165) is 33.0 Å². The van der Waals surface area contributed by atoms with Gasteiger partial charge >= 0.3 is 0 Å². The van der Waals surface area contributed by atoms with Crippen LogP contribution in [0.15, 0.2) is 28.7 Å². The van der Waals surface area contributed by atoms with Crippen molar-refractivity contribution in [3.63, 3.8) is 0 Å². The highest BCUT2D eigenvalue weighted by Crippen LogP contribution is 2.33. The molecule has 2 heterocycles. The number of carbonyl (C=O) groups is 1. The predicted molar refractivity (Wildman–Crippen MR) is 91.3 cm³/mol. The number of benzene rings is 1. The Kier molecular flexibility index (Phi) is 4.40. The van der Waals surface area contributed by atoms with Gasteiger partial charge in [-0.05, 0) is 57.9 Å². The highest BCUT2D eigenvalue weighted by molar-refractivity contribution is 9.10. The highest BCUT2D eigenvalue weighted by atomic mass is 79.9. The molecular formula is C14H11BrClNOS2. The van der Waals surface area contributed by atoms with Gasteiger partial charge in [0.2, 0.25) is 0 Å². The summed E-state index contributed by atoms with van der Waals surface area (Å²) in [5.74, 6) is 2.11. The minimum Gasteiger partial charge on any atom is -0.320 e. The minimum absolute atomic E-state index is 0.0579. The second-order valence-corrected chi connectivity index (χ2v) is 7.97. The van der Waals surface area contributed by atoms with Gasteiger partial charge in [0.25, 0.3) is 5.91 Å². The van der Waals surface area contributed by atoms with E-state index in [0.29, 0.717) is 5.02 Å². The second-order valence-electron chi connectivity index (χ2n) is 4.44. The number of nitrogens with one attached hydrogen (secondary N) is 1. The molecule has 6 heteroatoms. The number of amides is 1. The summed E-state index contributed by atoms with van der Waals surface area (Å²) < 4.78 is 0.787. The Hall–Kier alpha value is -0.490. The van der Waals surface area contributed by atoms with Gasteiger partial charge < -0.3 is 5.32 Å². The maximum Gasteiger partial charge on any atom is 0.265 e. The fraction of sp³-hybridized carbons (Fsp3) is 0.214. The Bertz CT molecular complexity index is 648. The van der Waals surface area contributed by atoms with Crippen molar-refractivity contribution in [1.82, 2.24) is 0 Å². The summed E-state index contributed by atoms with van der Waals surface area (Å²) in [5, 5.41) is 3.56. The van der Waals surface area contributed by atoms with Gasteiger partial charge in [0.1, 0.15) is 0 Å². The monoisotopic (exact) mass is 387 g/mol. The Morgan fingerprint density at radius 3 is 2.95 bits per heavy atom. The van der Waals surface area contributed by atoms with E-state index >= 15 is 0 Å². The van der Waals surface area contributed by atoms with E-state index in [1.807, 2.05) is 17.8 Å². The zero-order chi connectivity index (χ0) is 14.1. The lowest BCUT2D eigenvalue weighted by Crippen LogP contribution is -2.10. The Morgan fingerprint density at radius 1 is 1.35 bits per heavy atom. The fourth-order valence-electron chi connectivity index (χ4n) is 2.03. The third-order valence-corrected chi connectivity index (χ3v) is 6.17. The van der Waals surface area contributed by atoms with Crippen molar-refractivity contribution in [1.29, 1.82) is 0 Å². The highest BCUT2D eigenvalue weighted by Gasteiger charge is 2.18. The van der Waals surface area contributed by atoms with Crippen LogP contribution in [0.4, 0.5) is 5.69 Å². The first-order valence-electron chi connectivity index (χ1n) is 6.09. The number of thiophene rings is 1. The summed E-state index contributed by atoms with van der Waals surface area (Å²) >= 11 is 12.8. The molecule has 20 heavy (non-hydrogen) atoms. The van der Waals surface area contributed by atoms with E-state index in [4.69, 9.17) is 11.6 Å². The van der Waals surface area contributed by atoms with Crippen LogP contribution in [0.25, 0.3) is 0 Å². The predicted octanol–water partition coefficient (Wildman–Crippen LogP) is 5.21. The third-order valence-electron chi connectivity index (χ3n) is 3.03. The number of aryl methyl sites for hydroxylation is 1. The molecule has 0 bridgehead atoms. The fourth-order valence-corrected chi connectivity index (χ4v) is 5.08. The molecule has 2 nitrogen and oxygen atoms in total. The van der Waals surface area contributed by atoms with Gasteiger partial charge in [-0.2, -0.15) is 11.8 Å². The van der Waals surface area contributed by atoms with Crippen LogP contribution in [0.2, 0.25) is 5.02 Å². The van der Waals surface area contributed by atoms with Gasteiger partial charge in [0.05, 0.1) is 10.6 Å². The number of thioether (sulfide) groups is 1. The van der Waals surface area contributed by atoms with E-state index < -0.39 is 0 Å². The van der Waals surface area contributed by atoms with Crippen molar-refractivity contribution in [3.8, 4) is 0 Å². The number of rotatable bonds is 2. The van der Waals surface area contributed by atoms with Gasteiger partial charge in [-0.3, -0.25) is 4.79 Å². The van der Waals surface area contributed by atoms with E-state index in [1.54, 1.807) is 29.5 Å². The van der Waals surface area contributed by atoms with Crippen LogP contribution in [-0.4, -0.2) is 11.7 Å². The van der Waals surface area contributed by atoms with Gasteiger partial charge in [-0.1, -0.05) is 11.6 Å². The first-order chi connectivity index (χ1) is 9.63. The summed E-state index contributed by atoms with van der Waals surface area (Å²) in [4.78, 5) is 14.4. The van der Waals surface area contributed by atoms with E-state index in [1.165, 1.54) is 10.4 Å². The molecular weight excluding hydrogens is 378 g/mol. The molecule has 0 radical (unpaired) electrons. The zero-order valence-electron chi connectivity index (χ0n) is 10.4. The van der Waals surface area contributed by atoms with Crippen molar-refractivity contribution in [3.05, 3.63) is 49.1 Å². The van der Waals surface area contributed by atoms with Crippen molar-refractivity contribution in [2.45, 2.75) is 12.2 Å². The van der Waals surface area contributed by atoms with Gasteiger partial charge in [0.15, 0.2) is 0 Å². The van der Waals surface area contributed by atoms with Gasteiger partial charge in [0, 0.05) is 20.1 Å². The molecule has 1 aliphatic rings. The topological polar surface area (TPSA) is 29.1 Å². The van der Waals surface area contributed by atoms with Crippen molar-refractivity contribution >= 4 is 62.2 Å². The normalized spacial score (nSPS) is 13.9. The third kappa shape index (κ3) is 3.06. The summed E-state index contributed by atoms with van der Waals surface area (Å²) in [7, 11) is 0. The van der Waals surface area contributed by atoms with Gasteiger partial charge in [-0.25, -0.2) is 0 Å². The van der Waals surface area contributed by atoms with E-state index in [9.17, 15) is 4.79 Å². The van der Waals surface area contributed by atoms with Gasteiger partial charge in [-0.15, -0.1) is 11.3 Å². The largest absolute Gasteiger partial charge is 0.320 e. The quantitative estimate of drug-likeness (QED) is 0.765. The molecule has 1 aliphatic heterocycles. The standard InChI is InChI=1S/C14H11BrClNOS2/c15-10-6-9(16)1-2-11(10)17-14(18)13-5-8-7-19-4-3-12(8)20-13/h1-2,5-6H,3-4,7H2,(H,17,18). The Morgan fingerprint density at radius 2 is 2.20 bits per heavy atom. The summed E-state index contributed by atoms with van der Waals surface area (Å²) in [6, 6.07) is 7.35. The molecule has 0 saturated carbocycles. The lowest BCUT2D eigenvalue weighted by Gasteiger charge is -2.08. The van der Waals surface area contributed by atoms with Crippen LogP contribution in [0, 0.1) is 0 Å². The van der Waals surface area contributed by atoms with Crippen molar-refractivity contribution in [2.75, 3.05) is 11.1 Å². The Balaban J connectivity index is 1.80. The zero-order valence-corrected chi connectivity index (χ0v) is 14.4. The first kappa shape index (κ1) is 14.4. The maximum absolute atomic E-state index is 12.3. The Labute approximate surface area is 139 Å². The van der Waals surface area contributed by atoms with Crippen molar-refractivity contribution < 1.29 is 4.79 Å². The molecule has 2 aromatic rings. The minimum atomic E-state index is -0.0579. The van der Waals surface area contributed by atoms with Crippen LogP contribution in [0.5, 0.6) is 0 Å². The average molecular weight is 389 g/mol.